The topological polar surface area (TPSA) is 156 Å². The molecule has 2 atom stereocenters. The highest BCUT2D eigenvalue weighted by Crippen LogP contribution is 2.42. The summed E-state index contributed by atoms with van der Waals surface area (Å²) in [5.41, 5.74) is 7.85. The van der Waals surface area contributed by atoms with Gasteiger partial charge in [-0.25, -0.2) is 36.7 Å². The fourth-order valence-electron chi connectivity index (χ4n) is 13.4. The summed E-state index contributed by atoms with van der Waals surface area (Å²) in [5, 5.41) is 18.8. The lowest BCUT2D eigenvalue weighted by Crippen LogP contribution is -2.45. The predicted molar refractivity (Wildman–Crippen MR) is 316 cm³/mol. The van der Waals surface area contributed by atoms with Crippen LogP contribution in [0.15, 0.2) is 168 Å². The van der Waals surface area contributed by atoms with E-state index in [1.807, 2.05) is 58.3 Å². The summed E-state index contributed by atoms with van der Waals surface area (Å²) < 4.78 is 58.7. The largest absolute Gasteiger partial charge is 0.477 e. The second-order valence-corrected chi connectivity index (χ2v) is 26.0. The van der Waals surface area contributed by atoms with Gasteiger partial charge in [0.1, 0.15) is 17.3 Å². The lowest BCUT2D eigenvalue weighted by Gasteiger charge is -2.40. The maximum absolute atomic E-state index is 14.7. The quantitative estimate of drug-likeness (QED) is 0.0980. The number of likely N-dealkylation sites (N-methyl/N-ethyl adjacent to an activating group) is 1. The summed E-state index contributed by atoms with van der Waals surface area (Å²) in [6.07, 6.45) is 4.69. The summed E-state index contributed by atoms with van der Waals surface area (Å²) in [7, 11) is -2.06. The number of aromatic carboxylic acids is 1. The maximum Gasteiger partial charge on any atom is 0.354 e. The number of carbonyl (C=O) groups excluding carboxylic acids is 2. The average molecular weight is 1150 g/mol. The molecule has 18 heteroatoms. The highest BCUT2D eigenvalue weighted by Gasteiger charge is 2.44. The molecule has 4 fully saturated rings. The third-order valence-corrected chi connectivity index (χ3v) is 19.8. The second kappa shape index (κ2) is 22.9. The monoisotopic (exact) mass is 1150 g/mol. The van der Waals surface area contributed by atoms with Gasteiger partial charge in [0.15, 0.2) is 9.84 Å². The van der Waals surface area contributed by atoms with Crippen LogP contribution in [-0.2, 0) is 44.3 Å². The molecule has 0 aliphatic carbocycles. The number of benzene rings is 5. The number of likely N-dealkylation sites (tertiary alicyclic amines) is 4. The van der Waals surface area contributed by atoms with Crippen molar-refractivity contribution in [1.82, 2.24) is 39.4 Å². The van der Waals surface area contributed by atoms with Crippen molar-refractivity contribution in [1.29, 1.82) is 0 Å². The SMILES string of the molecule is CN1CC(C(=O)N2CCC(C)(c3ccccc3)C2)=C(C2CCN(Cc3ccc(C(=O)O)nc3CS(=O)(=O)c3ccc(CN4CC(c5c(C(=O)N6CCC(C)(c7ccccc7)C6)cnn5-c5ccc(F)cc5)C4)cc3)CC2)N1c1ccc(F)cc1. The molecule has 0 saturated carbocycles. The zero-order valence-corrected chi connectivity index (χ0v) is 48.4. The number of hydrogen-bond acceptors (Lipinski definition) is 11. The fraction of sp³-hybridized carbons (Fsp3) is 0.348. The zero-order valence-electron chi connectivity index (χ0n) is 47.6. The number of anilines is 1. The molecule has 7 aromatic rings. The summed E-state index contributed by atoms with van der Waals surface area (Å²) in [6, 6.07) is 42.9. The number of sulfone groups is 1. The Morgan fingerprint density at radius 3 is 1.81 bits per heavy atom. The van der Waals surface area contributed by atoms with Crippen LogP contribution in [0.3, 0.4) is 0 Å². The number of hydrazine groups is 1. The van der Waals surface area contributed by atoms with Gasteiger partial charge in [-0.2, -0.15) is 5.10 Å². The number of amides is 2. The van der Waals surface area contributed by atoms with Gasteiger partial charge >= 0.3 is 5.97 Å². The minimum Gasteiger partial charge on any atom is -0.477 e. The smallest absolute Gasteiger partial charge is 0.354 e. The van der Waals surface area contributed by atoms with Gasteiger partial charge < -0.3 is 14.9 Å². The number of nitrogens with zero attached hydrogens (tertiary/aromatic N) is 9. The van der Waals surface area contributed by atoms with E-state index in [-0.39, 0.29) is 62.4 Å². The van der Waals surface area contributed by atoms with E-state index < -0.39 is 21.6 Å². The molecule has 84 heavy (non-hydrogen) atoms. The minimum atomic E-state index is -4.01. The predicted octanol–water partition coefficient (Wildman–Crippen LogP) is 9.64. The van der Waals surface area contributed by atoms with Crippen molar-refractivity contribution in [2.45, 2.75) is 80.0 Å². The van der Waals surface area contributed by atoms with Crippen LogP contribution in [0.1, 0.15) is 99.9 Å². The normalized spacial score (nSPS) is 21.2. The van der Waals surface area contributed by atoms with Crippen molar-refractivity contribution >= 4 is 33.3 Å². The molecule has 4 saturated heterocycles. The van der Waals surface area contributed by atoms with E-state index >= 15 is 0 Å². The van der Waals surface area contributed by atoms with Gasteiger partial charge in [0, 0.05) is 87.8 Å². The number of pyridine rings is 1. The molecule has 5 aromatic carbocycles. The number of piperidine rings is 1. The lowest BCUT2D eigenvalue weighted by molar-refractivity contribution is -0.126. The van der Waals surface area contributed by atoms with Crippen LogP contribution >= 0.6 is 0 Å². The van der Waals surface area contributed by atoms with E-state index in [0.717, 1.165) is 41.1 Å². The Morgan fingerprint density at radius 1 is 0.655 bits per heavy atom. The van der Waals surface area contributed by atoms with Crippen LogP contribution in [0.4, 0.5) is 14.5 Å². The first kappa shape index (κ1) is 56.6. The highest BCUT2D eigenvalue weighted by molar-refractivity contribution is 7.90. The molecule has 2 amide bonds. The van der Waals surface area contributed by atoms with Crippen LogP contribution in [0, 0.1) is 17.6 Å². The van der Waals surface area contributed by atoms with Crippen LogP contribution in [0.5, 0.6) is 0 Å². The molecular weight excluding hydrogens is 1080 g/mol. The van der Waals surface area contributed by atoms with Crippen LogP contribution < -0.4 is 5.01 Å². The first-order chi connectivity index (χ1) is 40.4. The number of allylic oxidation sites excluding steroid dienone is 1. The summed E-state index contributed by atoms with van der Waals surface area (Å²) >= 11 is 0. The highest BCUT2D eigenvalue weighted by atomic mass is 32.2. The second-order valence-electron chi connectivity index (χ2n) is 24.1. The third kappa shape index (κ3) is 11.3. The van der Waals surface area contributed by atoms with E-state index in [1.165, 1.54) is 41.5 Å². The minimum absolute atomic E-state index is 0.0116. The van der Waals surface area contributed by atoms with Gasteiger partial charge in [-0.3, -0.25) is 24.4 Å². The molecule has 5 aliphatic heterocycles. The van der Waals surface area contributed by atoms with Crippen LogP contribution in [-0.4, -0.2) is 137 Å². The summed E-state index contributed by atoms with van der Waals surface area (Å²) in [4.78, 5) is 54.2. The van der Waals surface area contributed by atoms with Crippen LogP contribution in [0.25, 0.3) is 5.69 Å². The Balaban J connectivity index is 0.713. The molecule has 2 unspecified atom stereocenters. The molecule has 0 spiro atoms. The Morgan fingerprint density at radius 2 is 1.23 bits per heavy atom. The van der Waals surface area contributed by atoms with Gasteiger partial charge in [-0.15, -0.1) is 0 Å². The van der Waals surface area contributed by atoms with E-state index in [2.05, 4.69) is 57.9 Å². The summed E-state index contributed by atoms with van der Waals surface area (Å²) in [5.74, 6) is -2.62. The molecule has 2 aromatic heterocycles. The van der Waals surface area contributed by atoms with Gasteiger partial charge in [0.2, 0.25) is 0 Å². The molecular formula is C66H69F2N9O6S. The standard InChI is InChI=1S/C66H69F2N9O6S/c1-65(49-10-6-4-7-11-49)30-34-74(43-65)62(78)56-36-69-76(53-21-17-51(67)18-22-53)60(56)48-39-73(40-48)37-45-14-25-55(26-15-45)84(82,83)42-59-47(16-27-58(70-59)64(80)81)38-72-32-28-46(29-33-72)61-57(41-71(3)77(61)54-23-19-52(68)20-24-54)63(79)75-35-31-66(2,44-75)50-12-8-5-9-13-50/h4-27,36,46,48H,28-35,37-44H2,1-3H3,(H,80,81). The zero-order chi connectivity index (χ0) is 58.5. The van der Waals surface area contributed by atoms with Crippen molar-refractivity contribution < 1.29 is 36.7 Å². The third-order valence-electron chi connectivity index (χ3n) is 18.2. The lowest BCUT2D eigenvalue weighted by atomic mass is 9.82. The Labute approximate surface area is 489 Å². The van der Waals surface area contributed by atoms with Crippen molar-refractivity contribution in [3.63, 3.8) is 0 Å². The first-order valence-corrected chi connectivity index (χ1v) is 30.6. The number of aromatic nitrogens is 3. The fourth-order valence-corrected chi connectivity index (χ4v) is 14.7. The Bertz CT molecular complexity index is 3740. The van der Waals surface area contributed by atoms with Crippen molar-refractivity contribution in [3.8, 4) is 5.69 Å². The molecule has 7 heterocycles. The number of rotatable bonds is 16. The van der Waals surface area contributed by atoms with Crippen molar-refractivity contribution in [3.05, 3.63) is 220 Å². The molecule has 12 rings (SSSR count). The number of carboxylic acid groups (broad SMARTS) is 1. The Kier molecular flexibility index (Phi) is 15.4. The van der Waals surface area contributed by atoms with E-state index in [4.69, 9.17) is 5.10 Å². The molecule has 0 radical (unpaired) electrons. The average Bonchev–Trinajstić information content (AvgIpc) is 2.14. The molecule has 0 bridgehead atoms. The van der Waals surface area contributed by atoms with E-state index in [0.29, 0.717) is 102 Å². The maximum atomic E-state index is 14.7. The number of carbonyl (C=O) groups is 3. The van der Waals surface area contributed by atoms with Gasteiger partial charge in [0.25, 0.3) is 11.8 Å². The summed E-state index contributed by atoms with van der Waals surface area (Å²) in [6.45, 7) is 10.6. The Hall–Kier alpha value is -7.90. The number of hydrogen-bond donors (Lipinski definition) is 1. The van der Waals surface area contributed by atoms with Gasteiger partial charge in [-0.1, -0.05) is 92.7 Å². The molecule has 15 nitrogen and oxygen atoms in total. The van der Waals surface area contributed by atoms with Gasteiger partial charge in [-0.05, 0) is 128 Å². The van der Waals surface area contributed by atoms with Crippen LogP contribution in [0.2, 0.25) is 0 Å². The van der Waals surface area contributed by atoms with Crippen molar-refractivity contribution in [2.75, 3.05) is 71.0 Å². The molecule has 5 aliphatic rings. The van der Waals surface area contributed by atoms with E-state index in [9.17, 15) is 36.7 Å². The van der Waals surface area contributed by atoms with Gasteiger partial charge in [0.05, 0.1) is 57.3 Å². The van der Waals surface area contributed by atoms with E-state index in [1.54, 1.807) is 65.5 Å². The first-order valence-electron chi connectivity index (χ1n) is 28.9. The number of carboxylic acids is 1. The van der Waals surface area contributed by atoms with Crippen molar-refractivity contribution in [2.24, 2.45) is 5.92 Å². The molecule has 1 N–H and O–H groups in total. The number of halogens is 2. The molecule has 434 valence electrons.